The number of ether oxygens (including phenoxy) is 2. The van der Waals surface area contributed by atoms with E-state index in [0.717, 1.165) is 32.0 Å². The normalized spacial score (nSPS) is 14.8. The summed E-state index contributed by atoms with van der Waals surface area (Å²) in [6.07, 6.45) is 1.70. The molecule has 3 aromatic rings. The van der Waals surface area contributed by atoms with Crippen molar-refractivity contribution in [2.75, 3.05) is 7.11 Å². The summed E-state index contributed by atoms with van der Waals surface area (Å²) < 4.78 is 13.3. The lowest BCUT2D eigenvalue weighted by atomic mass is 10.1. The van der Waals surface area contributed by atoms with E-state index in [1.807, 2.05) is 60.7 Å². The number of halogens is 2. The van der Waals surface area contributed by atoms with Crippen molar-refractivity contribution in [3.8, 4) is 11.5 Å². The number of thioether (sulfide) groups is 1. The van der Waals surface area contributed by atoms with Crippen LogP contribution in [0.2, 0.25) is 0 Å². The smallest absolute Gasteiger partial charge is 0.293 e. The molecule has 0 saturated carbocycles. The van der Waals surface area contributed by atoms with E-state index < -0.39 is 0 Å². The summed E-state index contributed by atoms with van der Waals surface area (Å²) in [6.45, 7) is 0.644. The molecule has 0 radical (unpaired) electrons. The van der Waals surface area contributed by atoms with Crippen LogP contribution in [-0.2, 0) is 17.9 Å². The maximum atomic E-state index is 12.9. The summed E-state index contributed by atoms with van der Waals surface area (Å²) >= 11 is 6.71. The van der Waals surface area contributed by atoms with Crippen molar-refractivity contribution in [2.24, 2.45) is 0 Å². The molecule has 2 amide bonds. The van der Waals surface area contributed by atoms with Gasteiger partial charge in [0.2, 0.25) is 0 Å². The third kappa shape index (κ3) is 5.80. The van der Waals surface area contributed by atoms with Crippen LogP contribution in [0.15, 0.2) is 76.1 Å². The molecule has 4 rings (SSSR count). The lowest BCUT2D eigenvalue weighted by molar-refractivity contribution is -0.123. The summed E-state index contributed by atoms with van der Waals surface area (Å²) in [5, 5.41) is -0.279. The molecule has 8 heteroatoms. The molecule has 1 aliphatic heterocycles. The van der Waals surface area contributed by atoms with E-state index in [0.29, 0.717) is 27.5 Å². The molecule has 1 heterocycles. The quantitative estimate of drug-likeness (QED) is 0.209. The first-order valence-corrected chi connectivity index (χ1v) is 12.7. The number of amides is 2. The predicted molar refractivity (Wildman–Crippen MR) is 142 cm³/mol. The zero-order valence-corrected chi connectivity index (χ0v) is 22.1. The summed E-state index contributed by atoms with van der Waals surface area (Å²) in [4.78, 5) is 27.0. The molecule has 1 fully saturated rings. The van der Waals surface area contributed by atoms with Crippen molar-refractivity contribution in [3.05, 3.63) is 96.4 Å². The molecule has 3 aromatic carbocycles. The van der Waals surface area contributed by atoms with E-state index in [-0.39, 0.29) is 17.7 Å². The van der Waals surface area contributed by atoms with E-state index >= 15 is 0 Å². The number of benzene rings is 3. The van der Waals surface area contributed by atoms with E-state index in [1.165, 1.54) is 4.90 Å². The Labute approximate surface area is 218 Å². The molecule has 1 aliphatic rings. The van der Waals surface area contributed by atoms with Crippen molar-refractivity contribution in [2.45, 2.75) is 13.2 Å². The number of imide groups is 1. The monoisotopic (exact) mass is 635 g/mol. The van der Waals surface area contributed by atoms with E-state index in [1.54, 1.807) is 19.3 Å². The number of hydrogen-bond acceptors (Lipinski definition) is 5. The number of carbonyl (C=O) groups excluding carboxylic acids is 2. The minimum absolute atomic E-state index is 0.248. The third-order valence-electron chi connectivity index (χ3n) is 4.90. The van der Waals surface area contributed by atoms with Crippen LogP contribution in [0.5, 0.6) is 11.5 Å². The van der Waals surface area contributed by atoms with Crippen LogP contribution in [0.4, 0.5) is 4.79 Å². The van der Waals surface area contributed by atoms with Crippen molar-refractivity contribution in [3.63, 3.8) is 0 Å². The number of methoxy groups -OCH3 is 1. The van der Waals surface area contributed by atoms with Gasteiger partial charge < -0.3 is 9.47 Å². The van der Waals surface area contributed by atoms with Crippen LogP contribution in [-0.4, -0.2) is 23.2 Å². The van der Waals surface area contributed by atoms with Crippen LogP contribution in [0.1, 0.15) is 16.7 Å². The van der Waals surface area contributed by atoms with Gasteiger partial charge >= 0.3 is 0 Å². The van der Waals surface area contributed by atoms with Crippen molar-refractivity contribution in [1.82, 2.24) is 4.90 Å². The Bertz CT molecular complexity index is 1220. The summed E-state index contributed by atoms with van der Waals surface area (Å²) in [7, 11) is 1.57. The highest BCUT2D eigenvalue weighted by molar-refractivity contribution is 14.1. The van der Waals surface area contributed by atoms with E-state index in [2.05, 4.69) is 38.5 Å². The molecular weight excluding hydrogens is 617 g/mol. The molecule has 5 nitrogen and oxygen atoms in total. The average Bonchev–Trinajstić information content (AvgIpc) is 3.07. The summed E-state index contributed by atoms with van der Waals surface area (Å²) in [5.41, 5.74) is 2.67. The highest BCUT2D eigenvalue weighted by atomic mass is 127. The maximum Gasteiger partial charge on any atom is 0.293 e. The van der Waals surface area contributed by atoms with Gasteiger partial charge in [-0.1, -0.05) is 42.5 Å². The molecule has 168 valence electrons. The number of carbonyl (C=O) groups is 2. The SMILES string of the molecule is COc1cc(/C=C2/SC(=O)N(Cc3ccc(I)cc3)C2=O)cc(Br)c1OCc1ccccc1. The number of rotatable bonds is 7. The fourth-order valence-electron chi connectivity index (χ4n) is 3.25. The molecule has 0 aliphatic carbocycles. The maximum absolute atomic E-state index is 12.9. The van der Waals surface area contributed by atoms with Gasteiger partial charge in [0.15, 0.2) is 11.5 Å². The Balaban J connectivity index is 1.53. The van der Waals surface area contributed by atoms with Gasteiger partial charge in [-0.2, -0.15) is 0 Å². The lowest BCUT2D eigenvalue weighted by Crippen LogP contribution is -2.27. The molecule has 0 spiro atoms. The summed E-state index contributed by atoms with van der Waals surface area (Å²) in [6, 6.07) is 21.2. The van der Waals surface area contributed by atoms with Crippen molar-refractivity contribution >= 4 is 67.5 Å². The topological polar surface area (TPSA) is 55.8 Å². The van der Waals surface area contributed by atoms with Gasteiger partial charge in [-0.15, -0.1) is 0 Å². The molecule has 1 saturated heterocycles. The Morgan fingerprint density at radius 1 is 1.03 bits per heavy atom. The molecule has 0 N–H and O–H groups in total. The third-order valence-corrected chi connectivity index (χ3v) is 7.12. The number of nitrogens with zero attached hydrogens (tertiary/aromatic N) is 1. The average molecular weight is 636 g/mol. The van der Waals surface area contributed by atoms with Gasteiger partial charge in [0.05, 0.1) is 23.0 Å². The minimum Gasteiger partial charge on any atom is -0.493 e. The first-order chi connectivity index (χ1) is 15.9. The first kappa shape index (κ1) is 23.8. The standard InChI is InChI=1S/C25H19BrINO4S/c1-31-21-12-18(11-20(26)23(21)32-15-17-5-3-2-4-6-17)13-22-24(29)28(25(30)33-22)14-16-7-9-19(27)10-8-16/h2-13H,14-15H2,1H3/b22-13+. The minimum atomic E-state index is -0.303. The molecule has 0 bridgehead atoms. The Kier molecular flexibility index (Phi) is 7.77. The van der Waals surface area contributed by atoms with Crippen molar-refractivity contribution in [1.29, 1.82) is 0 Å². The van der Waals surface area contributed by atoms with Crippen LogP contribution in [0, 0.1) is 3.57 Å². The second-order valence-electron chi connectivity index (χ2n) is 7.20. The fourth-order valence-corrected chi connectivity index (χ4v) is 5.03. The highest BCUT2D eigenvalue weighted by Gasteiger charge is 2.35. The van der Waals surface area contributed by atoms with Crippen LogP contribution >= 0.6 is 50.3 Å². The van der Waals surface area contributed by atoms with E-state index in [9.17, 15) is 9.59 Å². The predicted octanol–water partition coefficient (Wildman–Crippen LogP) is 6.88. The number of hydrogen-bond donors (Lipinski definition) is 0. The molecule has 0 aromatic heterocycles. The largest absolute Gasteiger partial charge is 0.493 e. The van der Waals surface area contributed by atoms with Gasteiger partial charge in [-0.25, -0.2) is 0 Å². The van der Waals surface area contributed by atoms with E-state index in [4.69, 9.17) is 9.47 Å². The van der Waals surface area contributed by atoms with Crippen LogP contribution < -0.4 is 9.47 Å². The second-order valence-corrected chi connectivity index (χ2v) is 10.3. The molecule has 0 unspecified atom stereocenters. The lowest BCUT2D eigenvalue weighted by Gasteiger charge is -2.14. The molecule has 0 atom stereocenters. The van der Waals surface area contributed by atoms with Gasteiger partial charge in [0.1, 0.15) is 6.61 Å². The van der Waals surface area contributed by atoms with Gasteiger partial charge in [0.25, 0.3) is 11.1 Å². The van der Waals surface area contributed by atoms with Crippen LogP contribution in [0.25, 0.3) is 6.08 Å². The Hall–Kier alpha value is -2.30. The highest BCUT2D eigenvalue weighted by Crippen LogP contribution is 2.39. The fraction of sp³-hybridized carbons (Fsp3) is 0.120. The van der Waals surface area contributed by atoms with Crippen molar-refractivity contribution < 1.29 is 19.1 Å². The zero-order chi connectivity index (χ0) is 23.4. The second kappa shape index (κ2) is 10.8. The Morgan fingerprint density at radius 2 is 1.76 bits per heavy atom. The van der Waals surface area contributed by atoms with Gasteiger partial charge in [-0.05, 0) is 97.3 Å². The first-order valence-electron chi connectivity index (χ1n) is 9.98. The van der Waals surface area contributed by atoms with Gasteiger partial charge in [0, 0.05) is 3.57 Å². The zero-order valence-electron chi connectivity index (χ0n) is 17.6. The van der Waals surface area contributed by atoms with Crippen LogP contribution in [0.3, 0.4) is 0 Å². The molecular formula is C25H19BrINO4S. The molecule has 33 heavy (non-hydrogen) atoms. The van der Waals surface area contributed by atoms with Gasteiger partial charge in [-0.3, -0.25) is 14.5 Å². The summed E-state index contributed by atoms with van der Waals surface area (Å²) in [5.74, 6) is 0.804. The Morgan fingerprint density at radius 3 is 2.45 bits per heavy atom.